The number of hydrogen-bond donors (Lipinski definition) is 0. The lowest BCUT2D eigenvalue weighted by Gasteiger charge is -2.10. The molecule has 2 rings (SSSR count). The third kappa shape index (κ3) is 2.91. The van der Waals surface area contributed by atoms with Gasteiger partial charge < -0.3 is 5.53 Å². The molecular formula is C16H16N2O4S2. The van der Waals surface area contributed by atoms with Gasteiger partial charge >= 0.3 is 4.38 Å². The Balaban J connectivity index is 2.73. The van der Waals surface area contributed by atoms with E-state index in [1.165, 1.54) is 30.3 Å². The zero-order valence-electron chi connectivity index (χ0n) is 13.4. The highest BCUT2D eigenvalue weighted by Crippen LogP contribution is 2.26. The summed E-state index contributed by atoms with van der Waals surface area (Å²) in [6.45, 7) is 5.14. The molecule has 24 heavy (non-hydrogen) atoms. The molecule has 0 saturated carbocycles. The molecule has 0 amide bonds. The van der Waals surface area contributed by atoms with E-state index in [1.807, 2.05) is 6.92 Å². The largest absolute Gasteiger partial charge is 0.504 e. The molecule has 0 radical (unpaired) electrons. The molecule has 6 nitrogen and oxygen atoms in total. The van der Waals surface area contributed by atoms with Gasteiger partial charge in [0.25, 0.3) is 19.7 Å². The predicted molar refractivity (Wildman–Crippen MR) is 90.1 cm³/mol. The minimum atomic E-state index is -4.51. The molecule has 0 spiro atoms. The highest BCUT2D eigenvalue weighted by molar-refractivity contribution is 8.31. The molecule has 0 aliphatic carbocycles. The van der Waals surface area contributed by atoms with E-state index in [9.17, 15) is 16.8 Å². The first-order valence-electron chi connectivity index (χ1n) is 6.98. The molecule has 2 aromatic rings. The van der Waals surface area contributed by atoms with Gasteiger partial charge in [-0.05, 0) is 55.7 Å². The number of rotatable bonds is 2. The van der Waals surface area contributed by atoms with Crippen molar-refractivity contribution in [2.45, 2.75) is 30.6 Å². The van der Waals surface area contributed by atoms with Gasteiger partial charge in [-0.2, -0.15) is 0 Å². The van der Waals surface area contributed by atoms with E-state index in [1.54, 1.807) is 26.0 Å². The van der Waals surface area contributed by atoms with Gasteiger partial charge in [0.05, 0.1) is 9.79 Å². The second kappa shape index (κ2) is 6.32. The summed E-state index contributed by atoms with van der Waals surface area (Å²) in [7, 11) is -9.00. The summed E-state index contributed by atoms with van der Waals surface area (Å²) in [5, 5.41) is 0. The van der Waals surface area contributed by atoms with Crippen molar-refractivity contribution in [2.75, 3.05) is 0 Å². The van der Waals surface area contributed by atoms with Crippen molar-refractivity contribution in [2.24, 2.45) is 0 Å². The molecular weight excluding hydrogens is 348 g/mol. The van der Waals surface area contributed by atoms with Crippen LogP contribution in [0.15, 0.2) is 52.3 Å². The molecule has 2 aromatic carbocycles. The van der Waals surface area contributed by atoms with Crippen LogP contribution in [-0.2, 0) is 19.7 Å². The van der Waals surface area contributed by atoms with Gasteiger partial charge in [-0.25, -0.2) is 16.8 Å². The standard InChI is InChI=1S/C16H16N2O4S2/c1-11-9-10-15(13(3)12(11)2)24(21,22)16(18-17)23(19,20)14-7-5-4-6-8-14/h4-10H,1-3H3. The van der Waals surface area contributed by atoms with Crippen LogP contribution in [0, 0.1) is 20.8 Å². The van der Waals surface area contributed by atoms with E-state index in [2.05, 4.69) is 4.79 Å². The fraction of sp³-hybridized carbons (Fsp3) is 0.188. The summed E-state index contributed by atoms with van der Waals surface area (Å²) in [5.41, 5.74) is 11.2. The van der Waals surface area contributed by atoms with E-state index in [-0.39, 0.29) is 9.79 Å². The van der Waals surface area contributed by atoms with Crippen molar-refractivity contribution in [3.8, 4) is 0 Å². The number of hydrogen-bond acceptors (Lipinski definition) is 4. The van der Waals surface area contributed by atoms with Gasteiger partial charge in [-0.15, -0.1) is 4.79 Å². The molecule has 0 atom stereocenters. The second-order valence-electron chi connectivity index (χ2n) is 5.32. The molecule has 0 aliphatic rings. The van der Waals surface area contributed by atoms with Crippen LogP contribution in [0.25, 0.3) is 5.53 Å². The van der Waals surface area contributed by atoms with Crippen LogP contribution >= 0.6 is 0 Å². The first kappa shape index (κ1) is 18.1. The number of sulfone groups is 2. The van der Waals surface area contributed by atoms with Crippen LogP contribution in [0.3, 0.4) is 0 Å². The van der Waals surface area contributed by atoms with Gasteiger partial charge in [0.2, 0.25) is 0 Å². The van der Waals surface area contributed by atoms with Crippen molar-refractivity contribution < 1.29 is 21.6 Å². The fourth-order valence-electron chi connectivity index (χ4n) is 2.27. The summed E-state index contributed by atoms with van der Waals surface area (Å²) < 4.78 is 49.5. The highest BCUT2D eigenvalue weighted by atomic mass is 32.3. The lowest BCUT2D eigenvalue weighted by Crippen LogP contribution is -2.27. The molecule has 0 N–H and O–H groups in total. The van der Waals surface area contributed by atoms with Crippen LogP contribution in [0.5, 0.6) is 0 Å². The quantitative estimate of drug-likeness (QED) is 0.353. The van der Waals surface area contributed by atoms with Crippen molar-refractivity contribution in [1.29, 1.82) is 0 Å². The van der Waals surface area contributed by atoms with Crippen molar-refractivity contribution >= 4 is 24.1 Å². The zero-order chi connectivity index (χ0) is 18.1. The van der Waals surface area contributed by atoms with E-state index >= 15 is 0 Å². The van der Waals surface area contributed by atoms with E-state index in [4.69, 9.17) is 5.53 Å². The first-order valence-corrected chi connectivity index (χ1v) is 9.94. The summed E-state index contributed by atoms with van der Waals surface area (Å²) >= 11 is 0. The van der Waals surface area contributed by atoms with E-state index in [0.717, 1.165) is 11.1 Å². The Morgan fingerprint density at radius 2 is 1.42 bits per heavy atom. The third-order valence-corrected chi connectivity index (χ3v) is 8.21. The van der Waals surface area contributed by atoms with Gasteiger partial charge in [0, 0.05) is 0 Å². The van der Waals surface area contributed by atoms with Crippen LogP contribution in [0.2, 0.25) is 0 Å². The molecule has 0 fully saturated rings. The molecule has 0 bridgehead atoms. The van der Waals surface area contributed by atoms with Crippen molar-refractivity contribution in [3.05, 3.63) is 64.7 Å². The van der Waals surface area contributed by atoms with Gasteiger partial charge in [-0.1, -0.05) is 24.3 Å². The molecule has 0 aliphatic heterocycles. The zero-order valence-corrected chi connectivity index (χ0v) is 15.0. The van der Waals surface area contributed by atoms with Crippen molar-refractivity contribution in [1.82, 2.24) is 0 Å². The molecule has 0 saturated heterocycles. The number of aryl methyl sites for hydroxylation is 1. The van der Waals surface area contributed by atoms with Crippen LogP contribution in [0.1, 0.15) is 16.7 Å². The second-order valence-corrected chi connectivity index (χ2v) is 9.27. The number of benzene rings is 2. The summed E-state index contributed by atoms with van der Waals surface area (Å²) in [4.78, 5) is 2.16. The Morgan fingerprint density at radius 3 is 1.96 bits per heavy atom. The minimum Gasteiger partial charge on any atom is -0.359 e. The maximum absolute atomic E-state index is 12.8. The monoisotopic (exact) mass is 364 g/mol. The normalized spacial score (nSPS) is 11.8. The summed E-state index contributed by atoms with van der Waals surface area (Å²) in [5.74, 6) is 0. The maximum Gasteiger partial charge on any atom is 0.504 e. The van der Waals surface area contributed by atoms with Crippen LogP contribution in [-0.4, -0.2) is 26.0 Å². The Bertz CT molecular complexity index is 1050. The van der Waals surface area contributed by atoms with E-state index < -0.39 is 24.1 Å². The predicted octanol–water partition coefficient (Wildman–Crippen LogP) is 2.45. The SMILES string of the molecule is Cc1ccc(S(=O)(=O)C(=[N+]=[N-])S(=O)(=O)c2ccccc2)c(C)c1C. The molecule has 126 valence electrons. The molecule has 0 aromatic heterocycles. The topological polar surface area (TPSA) is 105 Å². The van der Waals surface area contributed by atoms with Gasteiger partial charge in [0.1, 0.15) is 0 Å². The first-order chi connectivity index (χ1) is 11.1. The molecule has 0 unspecified atom stereocenters. The summed E-state index contributed by atoms with van der Waals surface area (Å²) in [6, 6.07) is 9.88. The highest BCUT2D eigenvalue weighted by Gasteiger charge is 2.44. The lowest BCUT2D eigenvalue weighted by atomic mass is 10.1. The Morgan fingerprint density at radius 1 is 0.833 bits per heavy atom. The van der Waals surface area contributed by atoms with Crippen LogP contribution in [0.4, 0.5) is 0 Å². The average molecular weight is 364 g/mol. The van der Waals surface area contributed by atoms with Crippen molar-refractivity contribution in [3.63, 3.8) is 0 Å². The smallest absolute Gasteiger partial charge is 0.359 e. The average Bonchev–Trinajstić information content (AvgIpc) is 2.53. The Hall–Kier alpha value is -2.28. The molecule has 0 heterocycles. The lowest BCUT2D eigenvalue weighted by molar-refractivity contribution is 0.00380. The Kier molecular flexibility index (Phi) is 4.75. The third-order valence-electron chi connectivity index (χ3n) is 3.89. The maximum atomic E-state index is 12.8. The molecule has 8 heteroatoms. The number of nitrogens with zero attached hydrogens (tertiary/aromatic N) is 2. The van der Waals surface area contributed by atoms with Gasteiger partial charge in [0.15, 0.2) is 0 Å². The summed E-state index contributed by atoms with van der Waals surface area (Å²) in [6.07, 6.45) is 0. The van der Waals surface area contributed by atoms with E-state index in [0.29, 0.717) is 5.56 Å². The van der Waals surface area contributed by atoms with Crippen LogP contribution < -0.4 is 0 Å². The Labute approximate surface area is 141 Å². The van der Waals surface area contributed by atoms with Gasteiger partial charge in [-0.3, -0.25) is 0 Å². The minimum absolute atomic E-state index is 0.196. The fourth-order valence-corrected chi connectivity index (χ4v) is 5.91.